The molecule has 0 spiro atoms. The van der Waals surface area contributed by atoms with Gasteiger partial charge in [0.1, 0.15) is 6.73 Å². The molecule has 0 atom stereocenters. The van der Waals surface area contributed by atoms with Crippen molar-refractivity contribution >= 4 is 5.97 Å². The summed E-state index contributed by atoms with van der Waals surface area (Å²) in [5.41, 5.74) is 3.50. The Morgan fingerprint density at radius 1 is 1.15 bits per heavy atom. The zero-order valence-corrected chi connectivity index (χ0v) is 15.6. The summed E-state index contributed by atoms with van der Waals surface area (Å²) in [5, 5.41) is 4.63. The number of pyridine rings is 1. The fraction of sp³-hybridized carbons (Fsp3) is 0.286. The van der Waals surface area contributed by atoms with Crippen molar-refractivity contribution in [1.29, 1.82) is 0 Å². The Labute approximate surface area is 158 Å². The molecule has 2 heterocycles. The van der Waals surface area contributed by atoms with E-state index < -0.39 is 5.97 Å². The summed E-state index contributed by atoms with van der Waals surface area (Å²) in [6, 6.07) is 15.5. The van der Waals surface area contributed by atoms with Gasteiger partial charge in [0.05, 0.1) is 18.0 Å². The molecule has 3 rings (SSSR count). The van der Waals surface area contributed by atoms with E-state index in [2.05, 4.69) is 17.0 Å². The normalized spacial score (nSPS) is 10.7. The first kappa shape index (κ1) is 18.8. The molecule has 0 aliphatic carbocycles. The highest BCUT2D eigenvalue weighted by Crippen LogP contribution is 2.28. The molecule has 3 aromatic rings. The number of aromatic nitrogens is 3. The molecule has 0 aliphatic rings. The van der Waals surface area contributed by atoms with E-state index in [4.69, 9.17) is 9.47 Å². The van der Waals surface area contributed by atoms with E-state index >= 15 is 0 Å². The average Bonchev–Trinajstić information content (AvgIpc) is 3.13. The molecular weight excluding hydrogens is 342 g/mol. The van der Waals surface area contributed by atoms with Crippen LogP contribution in [-0.2, 0) is 16.2 Å². The smallest absolute Gasteiger partial charge is 0.357 e. The van der Waals surface area contributed by atoms with E-state index in [1.807, 2.05) is 42.5 Å². The minimum Gasteiger partial charge on any atom is -0.461 e. The Bertz CT molecular complexity index is 891. The molecule has 0 saturated heterocycles. The van der Waals surface area contributed by atoms with Gasteiger partial charge in [-0.3, -0.25) is 0 Å². The van der Waals surface area contributed by atoms with Crippen LogP contribution in [0.5, 0.6) is 0 Å². The highest BCUT2D eigenvalue weighted by Gasteiger charge is 2.20. The topological polar surface area (TPSA) is 66.2 Å². The number of unbranched alkanes of at least 4 members (excludes halogenated alkanes) is 1. The number of hydrogen-bond donors (Lipinski definition) is 0. The molecule has 6 nitrogen and oxygen atoms in total. The summed E-state index contributed by atoms with van der Waals surface area (Å²) in [5.74, 6) is -0.425. The van der Waals surface area contributed by atoms with E-state index in [0.717, 1.165) is 29.8 Å². The number of ether oxygens (including phenoxy) is 2. The Kier molecular flexibility index (Phi) is 6.33. The zero-order valence-electron chi connectivity index (χ0n) is 15.6. The number of nitrogens with zero attached hydrogens (tertiary/aromatic N) is 3. The predicted octanol–water partition coefficient (Wildman–Crippen LogP) is 4.17. The quantitative estimate of drug-likeness (QED) is 0.443. The minimum absolute atomic E-state index is 0.265. The Balaban J connectivity index is 2.00. The van der Waals surface area contributed by atoms with Crippen LogP contribution in [0.4, 0.5) is 0 Å². The van der Waals surface area contributed by atoms with E-state index in [0.29, 0.717) is 12.2 Å². The van der Waals surface area contributed by atoms with Crippen molar-refractivity contribution < 1.29 is 14.3 Å². The van der Waals surface area contributed by atoms with Crippen molar-refractivity contribution in [2.75, 3.05) is 13.7 Å². The predicted molar refractivity (Wildman–Crippen MR) is 103 cm³/mol. The van der Waals surface area contributed by atoms with Crippen LogP contribution in [0.1, 0.15) is 30.3 Å². The number of rotatable bonds is 8. The second-order valence-corrected chi connectivity index (χ2v) is 6.09. The number of carbonyl (C=O) groups is 1. The van der Waals surface area contributed by atoms with Crippen LogP contribution in [-0.4, -0.2) is 34.5 Å². The van der Waals surface area contributed by atoms with Gasteiger partial charge in [-0.05, 0) is 24.6 Å². The van der Waals surface area contributed by atoms with Crippen molar-refractivity contribution in [3.05, 3.63) is 60.4 Å². The summed E-state index contributed by atoms with van der Waals surface area (Å²) in [7, 11) is 1.61. The van der Waals surface area contributed by atoms with Crippen LogP contribution in [0.3, 0.4) is 0 Å². The number of methoxy groups -OCH3 is 1. The average molecular weight is 365 g/mol. The molecule has 27 heavy (non-hydrogen) atoms. The Morgan fingerprint density at radius 2 is 1.96 bits per heavy atom. The summed E-state index contributed by atoms with van der Waals surface area (Å²) in [6.07, 6.45) is 3.38. The van der Waals surface area contributed by atoms with E-state index in [1.54, 1.807) is 24.1 Å². The lowest BCUT2D eigenvalue weighted by Gasteiger charge is -2.10. The molecule has 6 heteroatoms. The fourth-order valence-electron chi connectivity index (χ4n) is 2.76. The van der Waals surface area contributed by atoms with Gasteiger partial charge in [0.15, 0.2) is 5.69 Å². The molecule has 0 aliphatic heterocycles. The van der Waals surface area contributed by atoms with Crippen molar-refractivity contribution in [2.45, 2.75) is 26.5 Å². The highest BCUT2D eigenvalue weighted by atomic mass is 16.5. The maximum absolute atomic E-state index is 12.5. The molecule has 0 saturated carbocycles. The van der Waals surface area contributed by atoms with Gasteiger partial charge in [-0.1, -0.05) is 43.7 Å². The van der Waals surface area contributed by atoms with Gasteiger partial charge >= 0.3 is 5.97 Å². The lowest BCUT2D eigenvalue weighted by molar-refractivity contribution is 0.0493. The van der Waals surface area contributed by atoms with Gasteiger partial charge in [-0.2, -0.15) is 5.10 Å². The van der Waals surface area contributed by atoms with Gasteiger partial charge in [0, 0.05) is 24.4 Å². The van der Waals surface area contributed by atoms with Crippen molar-refractivity contribution in [3.63, 3.8) is 0 Å². The Morgan fingerprint density at radius 3 is 2.70 bits per heavy atom. The Hall–Kier alpha value is -2.99. The van der Waals surface area contributed by atoms with E-state index in [9.17, 15) is 4.79 Å². The third kappa shape index (κ3) is 4.41. The number of esters is 1. The maximum Gasteiger partial charge on any atom is 0.357 e. The molecule has 0 unspecified atom stereocenters. The second kappa shape index (κ2) is 9.09. The van der Waals surface area contributed by atoms with Gasteiger partial charge in [-0.15, -0.1) is 0 Å². The van der Waals surface area contributed by atoms with Gasteiger partial charge in [0.25, 0.3) is 0 Å². The molecule has 0 radical (unpaired) electrons. The van der Waals surface area contributed by atoms with Gasteiger partial charge in [-0.25, -0.2) is 14.5 Å². The molecule has 140 valence electrons. The van der Waals surface area contributed by atoms with Gasteiger partial charge in [0.2, 0.25) is 0 Å². The molecule has 2 aromatic heterocycles. The lowest BCUT2D eigenvalue weighted by atomic mass is 10.1. The largest absolute Gasteiger partial charge is 0.461 e. The monoisotopic (exact) mass is 365 g/mol. The van der Waals surface area contributed by atoms with Crippen molar-refractivity contribution in [3.8, 4) is 22.5 Å². The molecular formula is C21H23N3O3. The third-order valence-electron chi connectivity index (χ3n) is 4.11. The maximum atomic E-state index is 12.5. The molecule has 0 amide bonds. The molecule has 0 N–H and O–H groups in total. The van der Waals surface area contributed by atoms with Crippen molar-refractivity contribution in [2.24, 2.45) is 0 Å². The summed E-state index contributed by atoms with van der Waals surface area (Å²) < 4.78 is 12.4. The van der Waals surface area contributed by atoms with E-state index in [1.165, 1.54) is 0 Å². The number of hydrogen-bond acceptors (Lipinski definition) is 5. The molecule has 0 bridgehead atoms. The third-order valence-corrected chi connectivity index (χ3v) is 4.11. The summed E-state index contributed by atoms with van der Waals surface area (Å²) >= 11 is 0. The zero-order chi connectivity index (χ0) is 19.1. The second-order valence-electron chi connectivity index (χ2n) is 6.09. The number of benzene rings is 1. The minimum atomic E-state index is -0.425. The lowest BCUT2D eigenvalue weighted by Crippen LogP contribution is -2.12. The molecule has 1 aromatic carbocycles. The summed E-state index contributed by atoms with van der Waals surface area (Å²) in [4.78, 5) is 16.8. The fourth-order valence-corrected chi connectivity index (χ4v) is 2.76. The van der Waals surface area contributed by atoms with Crippen LogP contribution in [0.15, 0.2) is 54.7 Å². The highest BCUT2D eigenvalue weighted by molar-refractivity contribution is 5.95. The van der Waals surface area contributed by atoms with Gasteiger partial charge < -0.3 is 9.47 Å². The SMILES string of the molecule is CCCCOC(=O)c1ncccc1-c1cc(-c2ccccc2)nn1COC. The van der Waals surface area contributed by atoms with Crippen LogP contribution in [0.25, 0.3) is 22.5 Å². The number of carbonyl (C=O) groups excluding carboxylic acids is 1. The first-order chi connectivity index (χ1) is 13.2. The van der Waals surface area contributed by atoms with Crippen LogP contribution in [0.2, 0.25) is 0 Å². The van der Waals surface area contributed by atoms with Crippen LogP contribution in [0, 0.1) is 0 Å². The van der Waals surface area contributed by atoms with Crippen LogP contribution >= 0.6 is 0 Å². The standard InChI is InChI=1S/C21H23N3O3/c1-3-4-13-27-21(25)20-17(11-8-12-22-20)19-14-18(23-24(19)15-26-2)16-9-6-5-7-10-16/h5-12,14H,3-4,13,15H2,1-2H3. The first-order valence-electron chi connectivity index (χ1n) is 8.99. The van der Waals surface area contributed by atoms with Crippen LogP contribution < -0.4 is 0 Å². The summed E-state index contributed by atoms with van der Waals surface area (Å²) in [6.45, 7) is 2.70. The van der Waals surface area contributed by atoms with E-state index in [-0.39, 0.29) is 12.4 Å². The van der Waals surface area contributed by atoms with Crippen molar-refractivity contribution in [1.82, 2.24) is 14.8 Å². The first-order valence-corrected chi connectivity index (χ1v) is 8.99. The molecule has 0 fully saturated rings.